The number of ether oxygens (including phenoxy) is 1. The summed E-state index contributed by atoms with van der Waals surface area (Å²) in [6, 6.07) is 11.6. The molecule has 0 saturated carbocycles. The lowest BCUT2D eigenvalue weighted by molar-refractivity contribution is -0.118. The molecule has 0 aliphatic carbocycles. The summed E-state index contributed by atoms with van der Waals surface area (Å²) in [7, 11) is 0. The number of benzene rings is 2. The fourth-order valence-corrected chi connectivity index (χ4v) is 3.07. The third-order valence-corrected chi connectivity index (χ3v) is 4.73. The second-order valence-corrected chi connectivity index (χ2v) is 6.88. The van der Waals surface area contributed by atoms with Gasteiger partial charge in [-0.1, -0.05) is 29.4 Å². The van der Waals surface area contributed by atoms with E-state index in [1.54, 1.807) is 19.1 Å². The normalized spacial score (nSPS) is 10.9. The maximum atomic E-state index is 13.7. The number of aryl methyl sites for hydroxylation is 2. The molecule has 2 aromatic heterocycles. The van der Waals surface area contributed by atoms with Crippen molar-refractivity contribution in [3.05, 3.63) is 65.2 Å². The quantitative estimate of drug-likeness (QED) is 0.529. The number of nitrogens with zero attached hydrogens (tertiary/aromatic N) is 3. The minimum Gasteiger partial charge on any atom is -0.467 e. The number of amides is 1. The molecule has 0 aliphatic rings. The Balaban J connectivity index is 1.61. The van der Waals surface area contributed by atoms with E-state index in [-0.39, 0.29) is 24.1 Å². The van der Waals surface area contributed by atoms with E-state index in [0.29, 0.717) is 22.5 Å². The molecule has 1 N–H and O–H groups in total. The van der Waals surface area contributed by atoms with Crippen molar-refractivity contribution in [3.8, 4) is 17.1 Å². The van der Waals surface area contributed by atoms with Gasteiger partial charge < -0.3 is 14.6 Å². The number of carbonyl (C=O) groups excluding carboxylic acids is 1. The molecule has 0 radical (unpaired) electrons. The van der Waals surface area contributed by atoms with Gasteiger partial charge >= 0.3 is 0 Å². The number of rotatable bonds is 5. The molecule has 4 aromatic rings. The summed E-state index contributed by atoms with van der Waals surface area (Å²) in [6.45, 7) is 5.31. The molecule has 0 atom stereocenters. The molecule has 1 amide bonds. The topological polar surface area (TPSA) is 90.1 Å². The lowest BCUT2D eigenvalue weighted by Crippen LogP contribution is -2.21. The Morgan fingerprint density at radius 1 is 1.13 bits per heavy atom. The van der Waals surface area contributed by atoms with Crippen LogP contribution in [0.1, 0.15) is 17.0 Å². The lowest BCUT2D eigenvalue weighted by Gasteiger charge is -2.11. The van der Waals surface area contributed by atoms with Crippen LogP contribution in [0.15, 0.2) is 47.0 Å². The van der Waals surface area contributed by atoms with E-state index in [4.69, 9.17) is 9.26 Å². The zero-order chi connectivity index (χ0) is 21.3. The van der Waals surface area contributed by atoms with Crippen molar-refractivity contribution in [3.63, 3.8) is 0 Å². The van der Waals surface area contributed by atoms with Gasteiger partial charge in [0, 0.05) is 11.3 Å². The summed E-state index contributed by atoms with van der Waals surface area (Å²) < 4.78 is 24.7. The zero-order valence-corrected chi connectivity index (χ0v) is 16.7. The first-order valence-corrected chi connectivity index (χ1v) is 9.31. The van der Waals surface area contributed by atoms with Crippen LogP contribution < -0.4 is 10.1 Å². The van der Waals surface area contributed by atoms with Gasteiger partial charge in [-0.25, -0.2) is 4.39 Å². The molecular weight excluding hydrogens is 387 g/mol. The van der Waals surface area contributed by atoms with E-state index < -0.39 is 5.82 Å². The fraction of sp³-hybridized carbons (Fsp3) is 0.182. The highest BCUT2D eigenvalue weighted by atomic mass is 19.1. The highest BCUT2D eigenvalue weighted by molar-refractivity contribution is 5.95. The Hall–Kier alpha value is -3.81. The molecule has 0 bridgehead atoms. The second kappa shape index (κ2) is 7.90. The van der Waals surface area contributed by atoms with Crippen molar-refractivity contribution in [2.45, 2.75) is 20.8 Å². The van der Waals surface area contributed by atoms with Crippen molar-refractivity contribution in [2.24, 2.45) is 0 Å². The number of fused-ring (bicyclic) bond motifs is 1. The number of hydrogen-bond donors (Lipinski definition) is 1. The molecule has 0 saturated heterocycles. The zero-order valence-electron chi connectivity index (χ0n) is 16.7. The number of anilines is 1. The Morgan fingerprint density at radius 3 is 2.73 bits per heavy atom. The van der Waals surface area contributed by atoms with Gasteiger partial charge in [-0.15, -0.1) is 0 Å². The second-order valence-electron chi connectivity index (χ2n) is 6.88. The summed E-state index contributed by atoms with van der Waals surface area (Å²) in [6.07, 6.45) is 0. The lowest BCUT2D eigenvalue weighted by atomic mass is 10.1. The van der Waals surface area contributed by atoms with Gasteiger partial charge in [0.15, 0.2) is 6.61 Å². The van der Waals surface area contributed by atoms with Crippen LogP contribution in [-0.4, -0.2) is 27.6 Å². The van der Waals surface area contributed by atoms with Crippen LogP contribution in [0.2, 0.25) is 0 Å². The predicted molar refractivity (Wildman–Crippen MR) is 110 cm³/mol. The van der Waals surface area contributed by atoms with Gasteiger partial charge in [0.2, 0.25) is 5.88 Å². The molecule has 0 fully saturated rings. The average Bonchev–Trinajstić information content (AvgIpc) is 3.13. The molecule has 8 heteroatoms. The smallest absolute Gasteiger partial charge is 0.265 e. The molecule has 2 aromatic carbocycles. The summed E-state index contributed by atoms with van der Waals surface area (Å²) in [4.78, 5) is 20.9. The van der Waals surface area contributed by atoms with Gasteiger partial charge in [-0.3, -0.25) is 4.79 Å². The Morgan fingerprint density at radius 2 is 1.93 bits per heavy atom. The van der Waals surface area contributed by atoms with E-state index in [0.717, 1.165) is 16.8 Å². The van der Waals surface area contributed by atoms with Gasteiger partial charge in [-0.2, -0.15) is 9.97 Å². The maximum absolute atomic E-state index is 13.7. The number of nitrogens with one attached hydrogen (secondary N) is 1. The largest absolute Gasteiger partial charge is 0.467 e. The van der Waals surface area contributed by atoms with Crippen LogP contribution in [-0.2, 0) is 4.79 Å². The van der Waals surface area contributed by atoms with Gasteiger partial charge in [0.25, 0.3) is 11.6 Å². The molecule has 0 spiro atoms. The number of aromatic nitrogens is 3. The fourth-order valence-electron chi connectivity index (χ4n) is 3.07. The van der Waals surface area contributed by atoms with E-state index >= 15 is 0 Å². The first kappa shape index (κ1) is 19.5. The van der Waals surface area contributed by atoms with E-state index in [2.05, 4.69) is 20.4 Å². The summed E-state index contributed by atoms with van der Waals surface area (Å²) in [5.41, 5.74) is 3.81. The number of hydrogen-bond acceptors (Lipinski definition) is 6. The average molecular weight is 406 g/mol. The standard InChI is InChI=1S/C22H19FN4O3/c1-12-6-4-9-17(13(12)2)26-18(28)11-29-21-19-20(15-7-5-8-16(23)10-15)27-30-22(19)25-14(3)24-21/h4-10H,11H2,1-3H3,(H,26,28). The summed E-state index contributed by atoms with van der Waals surface area (Å²) in [5, 5.41) is 7.22. The highest BCUT2D eigenvalue weighted by Gasteiger charge is 2.20. The van der Waals surface area contributed by atoms with Crippen LogP contribution in [0.25, 0.3) is 22.4 Å². The van der Waals surface area contributed by atoms with E-state index in [1.807, 2.05) is 32.0 Å². The van der Waals surface area contributed by atoms with Crippen LogP contribution in [0.5, 0.6) is 5.88 Å². The molecule has 30 heavy (non-hydrogen) atoms. The van der Waals surface area contributed by atoms with Crippen molar-refractivity contribution >= 4 is 22.7 Å². The van der Waals surface area contributed by atoms with Crippen molar-refractivity contribution in [1.29, 1.82) is 0 Å². The highest BCUT2D eigenvalue weighted by Crippen LogP contribution is 2.33. The van der Waals surface area contributed by atoms with Gasteiger partial charge in [0.05, 0.1) is 0 Å². The van der Waals surface area contributed by atoms with Crippen LogP contribution >= 0.6 is 0 Å². The van der Waals surface area contributed by atoms with Crippen molar-refractivity contribution in [2.75, 3.05) is 11.9 Å². The summed E-state index contributed by atoms with van der Waals surface area (Å²) >= 11 is 0. The first-order chi connectivity index (χ1) is 14.4. The van der Waals surface area contributed by atoms with Crippen LogP contribution in [0, 0.1) is 26.6 Å². The third-order valence-electron chi connectivity index (χ3n) is 4.73. The van der Waals surface area contributed by atoms with Gasteiger partial charge in [0.1, 0.15) is 22.7 Å². The van der Waals surface area contributed by atoms with Crippen molar-refractivity contribution < 1.29 is 18.4 Å². The Kier molecular flexibility index (Phi) is 5.14. The molecule has 0 aliphatic heterocycles. The van der Waals surface area contributed by atoms with Crippen molar-refractivity contribution in [1.82, 2.24) is 15.1 Å². The molecule has 152 valence electrons. The minimum atomic E-state index is -0.410. The molecule has 0 unspecified atom stereocenters. The molecule has 7 nitrogen and oxygen atoms in total. The molecule has 2 heterocycles. The van der Waals surface area contributed by atoms with E-state index in [1.165, 1.54) is 12.1 Å². The predicted octanol–water partition coefficient (Wildman–Crippen LogP) is 4.37. The first-order valence-electron chi connectivity index (χ1n) is 9.31. The van der Waals surface area contributed by atoms with Crippen LogP contribution in [0.4, 0.5) is 10.1 Å². The third kappa shape index (κ3) is 3.84. The minimum absolute atomic E-state index is 0.147. The maximum Gasteiger partial charge on any atom is 0.265 e. The Bertz CT molecular complexity index is 1250. The molecular formula is C22H19FN4O3. The van der Waals surface area contributed by atoms with Gasteiger partial charge in [-0.05, 0) is 50.1 Å². The number of carbonyl (C=O) groups is 1. The summed E-state index contributed by atoms with van der Waals surface area (Å²) in [5.74, 6) is -0.201. The SMILES string of the molecule is Cc1nc(OCC(=O)Nc2cccc(C)c2C)c2c(-c3cccc(F)c3)noc2n1. The van der Waals surface area contributed by atoms with Crippen LogP contribution in [0.3, 0.4) is 0 Å². The number of halogens is 1. The van der Waals surface area contributed by atoms with E-state index in [9.17, 15) is 9.18 Å². The Labute approximate surface area is 171 Å². The monoisotopic (exact) mass is 406 g/mol. The molecule has 4 rings (SSSR count).